The van der Waals surface area contributed by atoms with E-state index in [1.54, 1.807) is 0 Å². The van der Waals surface area contributed by atoms with Gasteiger partial charge in [-0.15, -0.1) is 0 Å². The first-order chi connectivity index (χ1) is 7.91. The monoisotopic (exact) mass is 236 g/mol. The van der Waals surface area contributed by atoms with Crippen molar-refractivity contribution in [2.24, 2.45) is 34.5 Å². The van der Waals surface area contributed by atoms with Crippen molar-refractivity contribution in [1.82, 2.24) is 0 Å². The van der Waals surface area contributed by atoms with Crippen molar-refractivity contribution in [3.63, 3.8) is 0 Å². The zero-order valence-electron chi connectivity index (χ0n) is 11.2. The summed E-state index contributed by atoms with van der Waals surface area (Å²) in [5.74, 6) is 1.85. The van der Waals surface area contributed by atoms with Gasteiger partial charge in [0.25, 0.3) is 0 Å². The van der Waals surface area contributed by atoms with Gasteiger partial charge in [-0.2, -0.15) is 0 Å². The predicted molar refractivity (Wildman–Crippen MR) is 65.2 cm³/mol. The van der Waals surface area contributed by atoms with Gasteiger partial charge < -0.3 is 9.84 Å². The summed E-state index contributed by atoms with van der Waals surface area (Å²) in [6.07, 6.45) is 4.95. The Kier molecular flexibility index (Phi) is 1.75. The Morgan fingerprint density at radius 2 is 1.94 bits per heavy atom. The second kappa shape index (κ2) is 2.75. The lowest BCUT2D eigenvalue weighted by molar-refractivity contribution is -0.421. The highest BCUT2D eigenvalue weighted by Gasteiger charge is 2.76. The Morgan fingerprint density at radius 3 is 2.65 bits per heavy atom. The molecule has 6 atom stereocenters. The van der Waals surface area contributed by atoms with Crippen molar-refractivity contribution in [3.8, 4) is 0 Å². The van der Waals surface area contributed by atoms with Crippen LogP contribution in [0.3, 0.4) is 0 Å². The van der Waals surface area contributed by atoms with Crippen molar-refractivity contribution in [2.75, 3.05) is 6.61 Å². The van der Waals surface area contributed by atoms with Gasteiger partial charge in [-0.05, 0) is 36.0 Å². The zero-order valence-corrected chi connectivity index (χ0v) is 11.2. The van der Waals surface area contributed by atoms with E-state index in [2.05, 4.69) is 20.8 Å². The smallest absolute Gasteiger partial charge is 0.168 e. The van der Waals surface area contributed by atoms with Crippen LogP contribution in [0, 0.1) is 34.5 Å². The van der Waals surface area contributed by atoms with Gasteiger partial charge >= 0.3 is 0 Å². The van der Waals surface area contributed by atoms with Crippen LogP contribution in [0.2, 0.25) is 0 Å². The normalized spacial score (nSPS) is 62.8. The third-order valence-corrected chi connectivity index (χ3v) is 6.94. The molecule has 17 heavy (non-hydrogen) atoms. The summed E-state index contributed by atoms with van der Waals surface area (Å²) in [5, 5.41) is 10.6. The first-order valence-electron chi connectivity index (χ1n) is 7.27. The molecule has 5 rings (SSSR count). The lowest BCUT2D eigenvalue weighted by Gasteiger charge is -2.76. The van der Waals surface area contributed by atoms with Crippen LogP contribution in [0.5, 0.6) is 0 Å². The molecule has 1 spiro atoms. The number of ether oxygens (including phenoxy) is 1. The molecule has 0 radical (unpaired) electrons. The van der Waals surface area contributed by atoms with Crippen molar-refractivity contribution in [3.05, 3.63) is 0 Å². The number of fused-ring (bicyclic) bond motifs is 1. The zero-order chi connectivity index (χ0) is 12.1. The second-order valence-corrected chi connectivity index (χ2v) is 7.86. The van der Waals surface area contributed by atoms with Crippen LogP contribution in [0.4, 0.5) is 0 Å². The van der Waals surface area contributed by atoms with Gasteiger partial charge in [0.05, 0.1) is 6.61 Å². The van der Waals surface area contributed by atoms with Gasteiger partial charge in [0, 0.05) is 17.8 Å². The van der Waals surface area contributed by atoms with Crippen LogP contribution >= 0.6 is 0 Å². The molecule has 5 bridgehead atoms. The molecule has 0 amide bonds. The van der Waals surface area contributed by atoms with E-state index in [1.807, 2.05) is 0 Å². The van der Waals surface area contributed by atoms with Crippen LogP contribution in [-0.4, -0.2) is 17.5 Å². The largest absolute Gasteiger partial charge is 0.365 e. The minimum absolute atomic E-state index is 0.337. The minimum Gasteiger partial charge on any atom is -0.365 e. The van der Waals surface area contributed by atoms with Crippen molar-refractivity contribution >= 4 is 0 Å². The summed E-state index contributed by atoms with van der Waals surface area (Å²) in [6, 6.07) is 0. The molecule has 5 aliphatic rings. The predicted octanol–water partition coefficient (Wildman–Crippen LogP) is 2.80. The molecule has 0 aromatic carbocycles. The highest BCUT2D eigenvalue weighted by atomic mass is 16.6. The lowest BCUT2D eigenvalue weighted by Crippen LogP contribution is -2.77. The highest BCUT2D eigenvalue weighted by Crippen LogP contribution is 2.77. The van der Waals surface area contributed by atoms with E-state index in [0.717, 1.165) is 30.8 Å². The average molecular weight is 236 g/mol. The summed E-state index contributed by atoms with van der Waals surface area (Å²) in [7, 11) is 0. The SMILES string of the molecule is C[C@H]1[C@@H]2[C@@H]3C4C[C@@]1(O)OCC42CCCC3(C)C. The molecular weight excluding hydrogens is 212 g/mol. The molecule has 3 aliphatic carbocycles. The third kappa shape index (κ3) is 0.986. The van der Waals surface area contributed by atoms with Gasteiger partial charge in [-0.3, -0.25) is 0 Å². The molecule has 2 saturated heterocycles. The maximum atomic E-state index is 10.6. The third-order valence-electron chi connectivity index (χ3n) is 6.94. The summed E-state index contributed by atoms with van der Waals surface area (Å²) in [6.45, 7) is 7.96. The quantitative estimate of drug-likeness (QED) is 0.701. The second-order valence-electron chi connectivity index (χ2n) is 7.86. The van der Waals surface area contributed by atoms with Gasteiger partial charge in [-0.1, -0.05) is 27.2 Å². The molecule has 2 nitrogen and oxygen atoms in total. The fourth-order valence-electron chi connectivity index (χ4n) is 6.16. The van der Waals surface area contributed by atoms with Gasteiger partial charge in [0.15, 0.2) is 5.79 Å². The van der Waals surface area contributed by atoms with E-state index in [9.17, 15) is 5.11 Å². The van der Waals surface area contributed by atoms with Gasteiger partial charge in [0.2, 0.25) is 0 Å². The minimum atomic E-state index is -0.784. The van der Waals surface area contributed by atoms with Gasteiger partial charge in [0.1, 0.15) is 0 Å². The molecule has 0 aromatic heterocycles. The lowest BCUT2D eigenvalue weighted by atomic mass is 9.33. The summed E-state index contributed by atoms with van der Waals surface area (Å²) in [5.41, 5.74) is 0.921. The van der Waals surface area contributed by atoms with E-state index < -0.39 is 5.79 Å². The van der Waals surface area contributed by atoms with Crippen molar-refractivity contribution in [2.45, 2.75) is 52.2 Å². The molecule has 3 saturated carbocycles. The fraction of sp³-hybridized carbons (Fsp3) is 1.00. The summed E-state index contributed by atoms with van der Waals surface area (Å²) in [4.78, 5) is 0. The topological polar surface area (TPSA) is 29.5 Å². The molecule has 5 fully saturated rings. The number of hydrogen-bond donors (Lipinski definition) is 1. The number of hydrogen-bond acceptors (Lipinski definition) is 2. The molecule has 2 heterocycles. The van der Waals surface area contributed by atoms with Crippen LogP contribution in [0.1, 0.15) is 46.5 Å². The molecule has 2 unspecified atom stereocenters. The molecule has 0 aromatic rings. The Bertz CT molecular complexity index is 377. The van der Waals surface area contributed by atoms with Crippen molar-refractivity contribution in [1.29, 1.82) is 0 Å². The summed E-state index contributed by atoms with van der Waals surface area (Å²) >= 11 is 0. The average Bonchev–Trinajstić information content (AvgIpc) is 2.42. The highest BCUT2D eigenvalue weighted by molar-refractivity contribution is 5.22. The fourth-order valence-corrected chi connectivity index (χ4v) is 6.16. The first kappa shape index (κ1) is 10.8. The Hall–Kier alpha value is -0.0800. The van der Waals surface area contributed by atoms with E-state index in [1.165, 1.54) is 19.3 Å². The summed E-state index contributed by atoms with van der Waals surface area (Å²) < 4.78 is 5.83. The molecular formula is C15H24O2. The standard InChI is InChI=1S/C15H24O2/c1-9-11-12-10-7-15(9,16)17-8-14(10,11)6-4-5-13(12,2)3/h9-12,16H,4-8H2,1-3H3/t9-,10?,11+,12-,14?,15+/m0/s1. The van der Waals surface area contributed by atoms with Crippen LogP contribution in [0.25, 0.3) is 0 Å². The Balaban J connectivity index is 1.82. The van der Waals surface area contributed by atoms with Crippen LogP contribution < -0.4 is 0 Å². The van der Waals surface area contributed by atoms with E-state index >= 15 is 0 Å². The van der Waals surface area contributed by atoms with Gasteiger partial charge in [-0.25, -0.2) is 0 Å². The van der Waals surface area contributed by atoms with Crippen molar-refractivity contribution < 1.29 is 9.84 Å². The Morgan fingerprint density at radius 1 is 1.18 bits per heavy atom. The molecule has 1 N–H and O–H groups in total. The Labute approximate surface area is 104 Å². The van der Waals surface area contributed by atoms with E-state index in [4.69, 9.17) is 4.74 Å². The first-order valence-corrected chi connectivity index (χ1v) is 7.27. The van der Waals surface area contributed by atoms with Crippen LogP contribution in [0.15, 0.2) is 0 Å². The van der Waals surface area contributed by atoms with E-state index in [0.29, 0.717) is 16.7 Å². The molecule has 2 aliphatic heterocycles. The number of rotatable bonds is 0. The molecule has 2 heteroatoms. The molecule has 96 valence electrons. The van der Waals surface area contributed by atoms with Crippen LogP contribution in [-0.2, 0) is 4.74 Å². The van der Waals surface area contributed by atoms with E-state index in [-0.39, 0.29) is 0 Å². The maximum absolute atomic E-state index is 10.6. The number of aliphatic hydroxyl groups is 1. The maximum Gasteiger partial charge on any atom is 0.168 e.